The lowest BCUT2D eigenvalue weighted by molar-refractivity contribution is 0.257. The topological polar surface area (TPSA) is 49.4 Å². The fourth-order valence-corrected chi connectivity index (χ4v) is 4.30. The van der Waals surface area contributed by atoms with Crippen LogP contribution in [0.3, 0.4) is 0 Å². The number of nitrogens with one attached hydrogen (secondary N) is 1. The minimum Gasteiger partial charge on any atom is -0.316 e. The van der Waals surface area contributed by atoms with Crippen LogP contribution in [0.5, 0.6) is 0 Å². The SMILES string of the molecule is CCC(C)(C)N(C)S(=O)(=O)c1cc(CNC)ccc1Br. The third-order valence-corrected chi connectivity index (χ3v) is 6.80. The molecule has 0 fully saturated rings. The lowest BCUT2D eigenvalue weighted by atomic mass is 10.0. The quantitative estimate of drug-likeness (QED) is 0.845. The van der Waals surface area contributed by atoms with Gasteiger partial charge in [0.05, 0.1) is 4.90 Å². The van der Waals surface area contributed by atoms with E-state index in [1.807, 2.05) is 33.9 Å². The average molecular weight is 363 g/mol. The summed E-state index contributed by atoms with van der Waals surface area (Å²) in [5.41, 5.74) is 0.522. The molecule has 1 aromatic rings. The van der Waals surface area contributed by atoms with Gasteiger partial charge in [-0.2, -0.15) is 4.31 Å². The molecular formula is C14H23BrN2O2S. The molecule has 0 amide bonds. The zero-order valence-corrected chi connectivity index (χ0v) is 15.1. The summed E-state index contributed by atoms with van der Waals surface area (Å²) in [6.45, 7) is 6.47. The van der Waals surface area contributed by atoms with Gasteiger partial charge in [-0.25, -0.2) is 8.42 Å². The summed E-state index contributed by atoms with van der Waals surface area (Å²) >= 11 is 3.35. The van der Waals surface area contributed by atoms with Crippen molar-refractivity contribution in [2.24, 2.45) is 0 Å². The minimum absolute atomic E-state index is 0.314. The highest BCUT2D eigenvalue weighted by Crippen LogP contribution is 2.30. The average Bonchev–Trinajstić information content (AvgIpc) is 2.40. The number of nitrogens with zero attached hydrogens (tertiary/aromatic N) is 1. The zero-order valence-electron chi connectivity index (χ0n) is 12.7. The molecule has 1 rings (SSSR count). The first kappa shape index (κ1) is 17.6. The number of hydrogen-bond donors (Lipinski definition) is 1. The van der Waals surface area contributed by atoms with Crippen molar-refractivity contribution in [2.45, 2.75) is 44.2 Å². The van der Waals surface area contributed by atoms with Crippen molar-refractivity contribution in [3.63, 3.8) is 0 Å². The summed E-state index contributed by atoms with van der Waals surface area (Å²) < 4.78 is 27.6. The number of benzene rings is 1. The lowest BCUT2D eigenvalue weighted by Crippen LogP contribution is -2.44. The van der Waals surface area contributed by atoms with Gasteiger partial charge in [0.25, 0.3) is 0 Å². The third-order valence-electron chi connectivity index (χ3n) is 3.73. The van der Waals surface area contributed by atoms with Gasteiger partial charge in [-0.15, -0.1) is 0 Å². The van der Waals surface area contributed by atoms with Crippen LogP contribution in [0.2, 0.25) is 0 Å². The van der Waals surface area contributed by atoms with Crippen molar-refractivity contribution < 1.29 is 8.42 Å². The van der Waals surface area contributed by atoms with Crippen LogP contribution in [0.1, 0.15) is 32.8 Å². The molecule has 0 bridgehead atoms. The second kappa shape index (κ2) is 6.56. The molecule has 0 spiro atoms. The van der Waals surface area contributed by atoms with Gasteiger partial charge in [0.15, 0.2) is 0 Å². The number of halogens is 1. The molecule has 114 valence electrons. The maximum absolute atomic E-state index is 12.8. The van der Waals surface area contributed by atoms with Crippen molar-refractivity contribution in [1.82, 2.24) is 9.62 Å². The fourth-order valence-electron chi connectivity index (χ4n) is 1.76. The van der Waals surface area contributed by atoms with Gasteiger partial charge in [-0.3, -0.25) is 0 Å². The minimum atomic E-state index is -3.52. The highest BCUT2D eigenvalue weighted by atomic mass is 79.9. The molecule has 0 atom stereocenters. The van der Waals surface area contributed by atoms with Crippen LogP contribution in [0.25, 0.3) is 0 Å². The molecule has 0 saturated heterocycles. The van der Waals surface area contributed by atoms with Gasteiger partial charge in [0.1, 0.15) is 0 Å². The molecule has 0 aliphatic rings. The van der Waals surface area contributed by atoms with Crippen molar-refractivity contribution in [2.75, 3.05) is 14.1 Å². The Hall–Kier alpha value is -0.430. The van der Waals surface area contributed by atoms with Gasteiger partial charge < -0.3 is 5.32 Å². The Morgan fingerprint density at radius 3 is 2.45 bits per heavy atom. The predicted molar refractivity (Wildman–Crippen MR) is 86.2 cm³/mol. The van der Waals surface area contributed by atoms with E-state index in [2.05, 4.69) is 21.2 Å². The van der Waals surface area contributed by atoms with Crippen LogP contribution in [0, 0.1) is 0 Å². The Balaban J connectivity index is 3.31. The third kappa shape index (κ3) is 3.61. The molecule has 0 saturated carbocycles. The van der Waals surface area contributed by atoms with Crippen molar-refractivity contribution in [1.29, 1.82) is 0 Å². The Kier molecular flexibility index (Phi) is 5.78. The first-order valence-electron chi connectivity index (χ1n) is 6.59. The van der Waals surface area contributed by atoms with Gasteiger partial charge >= 0.3 is 0 Å². The number of sulfonamides is 1. The van der Waals surface area contributed by atoms with E-state index in [1.165, 1.54) is 4.31 Å². The van der Waals surface area contributed by atoms with Gasteiger partial charge in [-0.1, -0.05) is 13.0 Å². The number of hydrogen-bond acceptors (Lipinski definition) is 3. The second-order valence-electron chi connectivity index (χ2n) is 5.43. The van der Waals surface area contributed by atoms with Crippen molar-refractivity contribution >= 4 is 26.0 Å². The highest BCUT2D eigenvalue weighted by molar-refractivity contribution is 9.10. The van der Waals surface area contributed by atoms with Crippen molar-refractivity contribution in [3.05, 3.63) is 28.2 Å². The monoisotopic (exact) mass is 362 g/mol. The van der Waals surface area contributed by atoms with Crippen LogP contribution in [-0.4, -0.2) is 32.4 Å². The molecule has 1 aromatic carbocycles. The van der Waals surface area contributed by atoms with Gasteiger partial charge in [0.2, 0.25) is 10.0 Å². The van der Waals surface area contributed by atoms with Gasteiger partial charge in [0, 0.05) is 23.6 Å². The van der Waals surface area contributed by atoms with Crippen LogP contribution in [0.15, 0.2) is 27.6 Å². The summed E-state index contributed by atoms with van der Waals surface area (Å²) in [7, 11) is -0.0508. The standard InChI is InChI=1S/C14H23BrN2O2S/c1-6-14(2,3)17(5)20(18,19)13-9-11(10-16-4)7-8-12(13)15/h7-9,16H,6,10H2,1-5H3. The fraction of sp³-hybridized carbons (Fsp3) is 0.571. The highest BCUT2D eigenvalue weighted by Gasteiger charge is 2.33. The van der Waals surface area contributed by atoms with E-state index in [-0.39, 0.29) is 0 Å². The van der Waals surface area contributed by atoms with Crippen LogP contribution < -0.4 is 5.32 Å². The largest absolute Gasteiger partial charge is 0.316 e. The van der Waals surface area contributed by atoms with Crippen LogP contribution >= 0.6 is 15.9 Å². The molecule has 1 N–H and O–H groups in total. The summed E-state index contributed by atoms with van der Waals surface area (Å²) in [5, 5.41) is 3.03. The normalized spacial score (nSPS) is 12.9. The summed E-state index contributed by atoms with van der Waals surface area (Å²) in [6.07, 6.45) is 0.747. The van der Waals surface area contributed by atoms with Crippen LogP contribution in [0.4, 0.5) is 0 Å². The molecule has 0 aliphatic heterocycles. The van der Waals surface area contributed by atoms with Crippen molar-refractivity contribution in [3.8, 4) is 0 Å². The molecule has 4 nitrogen and oxygen atoms in total. The first-order chi connectivity index (χ1) is 9.16. The maximum atomic E-state index is 12.8. The second-order valence-corrected chi connectivity index (χ2v) is 8.23. The van der Waals surface area contributed by atoms with Gasteiger partial charge in [-0.05, 0) is 60.9 Å². The first-order valence-corrected chi connectivity index (χ1v) is 8.82. The summed E-state index contributed by atoms with van der Waals surface area (Å²) in [5.74, 6) is 0. The smallest absolute Gasteiger partial charge is 0.244 e. The Morgan fingerprint density at radius 2 is 1.95 bits per heavy atom. The molecule has 0 radical (unpaired) electrons. The molecular weight excluding hydrogens is 340 g/mol. The molecule has 0 aliphatic carbocycles. The van der Waals surface area contributed by atoms with E-state index in [0.717, 1.165) is 12.0 Å². The number of rotatable bonds is 6. The van der Waals surface area contributed by atoms with Crippen LogP contribution in [-0.2, 0) is 16.6 Å². The molecule has 20 heavy (non-hydrogen) atoms. The van der Waals surface area contributed by atoms with E-state index < -0.39 is 15.6 Å². The molecule has 0 heterocycles. The maximum Gasteiger partial charge on any atom is 0.244 e. The summed E-state index contributed by atoms with van der Waals surface area (Å²) in [4.78, 5) is 0.314. The Bertz CT molecular complexity index is 571. The Labute approximate surface area is 130 Å². The molecule has 0 unspecified atom stereocenters. The molecule has 6 heteroatoms. The van der Waals surface area contributed by atoms with E-state index in [4.69, 9.17) is 0 Å². The van der Waals surface area contributed by atoms with E-state index in [0.29, 0.717) is 15.9 Å². The summed E-state index contributed by atoms with van der Waals surface area (Å²) in [6, 6.07) is 5.41. The van der Waals surface area contributed by atoms with E-state index in [1.54, 1.807) is 19.2 Å². The van der Waals surface area contributed by atoms with E-state index in [9.17, 15) is 8.42 Å². The predicted octanol–water partition coefficient (Wildman–Crippen LogP) is 2.98. The molecule has 0 aromatic heterocycles. The Morgan fingerprint density at radius 1 is 1.35 bits per heavy atom. The lowest BCUT2D eigenvalue weighted by Gasteiger charge is -2.34. The van der Waals surface area contributed by atoms with E-state index >= 15 is 0 Å². The zero-order chi connectivity index (χ0) is 15.6.